The minimum atomic E-state index is -0.00951. The Morgan fingerprint density at radius 3 is 2.47 bits per heavy atom. The van der Waals surface area contributed by atoms with Gasteiger partial charge in [0.05, 0.1) is 0 Å². The average molecular weight is 233 g/mol. The van der Waals surface area contributed by atoms with Crippen LogP contribution in [0, 0.1) is 5.82 Å². The van der Waals surface area contributed by atoms with Crippen LogP contribution in [0.2, 0.25) is 0 Å². The lowest BCUT2D eigenvalue weighted by molar-refractivity contribution is 0.449. The number of hydrogen-bond acceptors (Lipinski definition) is 1. The van der Waals surface area contributed by atoms with Gasteiger partial charge in [0.25, 0.3) is 0 Å². The fourth-order valence-electron chi connectivity index (χ4n) is 3.24. The van der Waals surface area contributed by atoms with E-state index in [1.54, 1.807) is 6.07 Å². The molecular formula is C15H20FN. The second-order valence-electron chi connectivity index (χ2n) is 5.70. The van der Waals surface area contributed by atoms with Crippen molar-refractivity contribution in [2.75, 3.05) is 6.54 Å². The predicted molar refractivity (Wildman–Crippen MR) is 67.6 cm³/mol. The third-order valence-corrected chi connectivity index (χ3v) is 4.58. The smallest absolute Gasteiger partial charge is 0.126 e. The maximum atomic E-state index is 14.1. The summed E-state index contributed by atoms with van der Waals surface area (Å²) in [5.74, 6) is 0.478. The molecule has 2 fully saturated rings. The molecule has 3 rings (SSSR count). The molecule has 0 heterocycles. The maximum absolute atomic E-state index is 14.1. The first kappa shape index (κ1) is 11.2. The van der Waals surface area contributed by atoms with Crippen molar-refractivity contribution in [3.8, 4) is 0 Å². The Morgan fingerprint density at radius 1 is 1.24 bits per heavy atom. The lowest BCUT2D eigenvalue weighted by Crippen LogP contribution is -2.32. The van der Waals surface area contributed by atoms with Crippen LogP contribution in [0.4, 0.5) is 4.39 Å². The van der Waals surface area contributed by atoms with Crippen molar-refractivity contribution in [1.82, 2.24) is 0 Å². The predicted octanol–water partition coefficient (Wildman–Crippen LogP) is 3.47. The van der Waals surface area contributed by atoms with Crippen LogP contribution in [-0.2, 0) is 5.41 Å². The highest BCUT2D eigenvalue weighted by atomic mass is 19.1. The third-order valence-electron chi connectivity index (χ3n) is 4.58. The van der Waals surface area contributed by atoms with Crippen molar-refractivity contribution in [1.29, 1.82) is 0 Å². The van der Waals surface area contributed by atoms with Gasteiger partial charge in [0.2, 0.25) is 0 Å². The molecule has 0 aliphatic heterocycles. The van der Waals surface area contributed by atoms with Crippen LogP contribution in [0.15, 0.2) is 18.2 Å². The molecule has 2 saturated carbocycles. The summed E-state index contributed by atoms with van der Waals surface area (Å²) in [5.41, 5.74) is 8.04. The molecule has 17 heavy (non-hydrogen) atoms. The summed E-state index contributed by atoms with van der Waals surface area (Å²) in [5, 5.41) is 0. The van der Waals surface area contributed by atoms with Gasteiger partial charge in [0, 0.05) is 12.0 Å². The zero-order valence-electron chi connectivity index (χ0n) is 10.2. The number of halogens is 1. The van der Waals surface area contributed by atoms with Crippen molar-refractivity contribution in [3.05, 3.63) is 35.1 Å². The molecule has 0 spiro atoms. The summed E-state index contributed by atoms with van der Waals surface area (Å²) in [6.45, 7) is 0.648. The minimum absolute atomic E-state index is 0.00951. The van der Waals surface area contributed by atoms with E-state index in [9.17, 15) is 4.39 Å². The second-order valence-corrected chi connectivity index (χ2v) is 5.70. The topological polar surface area (TPSA) is 26.0 Å². The van der Waals surface area contributed by atoms with Gasteiger partial charge < -0.3 is 5.73 Å². The van der Waals surface area contributed by atoms with Crippen LogP contribution < -0.4 is 5.73 Å². The van der Waals surface area contributed by atoms with Gasteiger partial charge in [-0.25, -0.2) is 4.39 Å². The molecule has 2 aliphatic carbocycles. The Hall–Kier alpha value is -0.890. The summed E-state index contributed by atoms with van der Waals surface area (Å²) in [7, 11) is 0. The molecular weight excluding hydrogens is 213 g/mol. The normalized spacial score (nSPS) is 22.9. The molecule has 2 heteroatoms. The Bertz CT molecular complexity index is 417. The van der Waals surface area contributed by atoms with Gasteiger partial charge in [0.15, 0.2) is 0 Å². The van der Waals surface area contributed by atoms with Gasteiger partial charge in [-0.2, -0.15) is 0 Å². The molecule has 0 saturated heterocycles. The van der Waals surface area contributed by atoms with Gasteiger partial charge in [-0.15, -0.1) is 0 Å². The fraction of sp³-hybridized carbons (Fsp3) is 0.600. The van der Waals surface area contributed by atoms with Crippen LogP contribution in [0.3, 0.4) is 0 Å². The van der Waals surface area contributed by atoms with Gasteiger partial charge >= 0.3 is 0 Å². The van der Waals surface area contributed by atoms with Crippen LogP contribution in [0.5, 0.6) is 0 Å². The number of nitrogens with two attached hydrogens (primary N) is 1. The van der Waals surface area contributed by atoms with Crippen LogP contribution in [-0.4, -0.2) is 6.54 Å². The molecule has 0 radical (unpaired) electrons. The van der Waals surface area contributed by atoms with Gasteiger partial charge in [-0.1, -0.05) is 25.0 Å². The van der Waals surface area contributed by atoms with E-state index in [1.165, 1.54) is 12.8 Å². The molecule has 1 nitrogen and oxygen atoms in total. The standard InChI is InChI=1S/C15H20FN/c16-14-9-12(5-6-13(14)11-3-4-11)15(10-17)7-1-2-8-15/h5-6,9,11H,1-4,7-8,10,17H2. The molecule has 0 atom stereocenters. The van der Waals surface area contributed by atoms with Crippen molar-refractivity contribution in [2.45, 2.75) is 49.9 Å². The molecule has 0 unspecified atom stereocenters. The zero-order chi connectivity index (χ0) is 11.9. The third kappa shape index (κ3) is 1.89. The molecule has 0 bridgehead atoms. The van der Waals surface area contributed by atoms with Crippen molar-refractivity contribution in [3.63, 3.8) is 0 Å². The Kier molecular flexibility index (Phi) is 2.70. The van der Waals surface area contributed by atoms with Gasteiger partial charge in [-0.05, 0) is 48.8 Å². The van der Waals surface area contributed by atoms with Gasteiger partial charge in [0.1, 0.15) is 5.82 Å². The van der Waals surface area contributed by atoms with E-state index in [4.69, 9.17) is 5.73 Å². The van der Waals surface area contributed by atoms with Crippen molar-refractivity contribution in [2.24, 2.45) is 5.73 Å². The lowest BCUT2D eigenvalue weighted by Gasteiger charge is -2.28. The average Bonchev–Trinajstić information content (AvgIpc) is 3.07. The number of benzene rings is 1. The van der Waals surface area contributed by atoms with Crippen LogP contribution in [0.1, 0.15) is 55.6 Å². The fourth-order valence-corrected chi connectivity index (χ4v) is 3.24. The first-order valence-corrected chi connectivity index (χ1v) is 6.75. The Morgan fingerprint density at radius 2 is 1.94 bits per heavy atom. The lowest BCUT2D eigenvalue weighted by atomic mass is 9.78. The minimum Gasteiger partial charge on any atom is -0.330 e. The number of rotatable bonds is 3. The Balaban J connectivity index is 1.94. The summed E-state index contributed by atoms with van der Waals surface area (Å²) in [6.07, 6.45) is 6.99. The van der Waals surface area contributed by atoms with E-state index >= 15 is 0 Å². The van der Waals surface area contributed by atoms with E-state index in [1.807, 2.05) is 6.07 Å². The molecule has 92 valence electrons. The summed E-state index contributed by atoms with van der Waals surface area (Å²) in [4.78, 5) is 0. The maximum Gasteiger partial charge on any atom is 0.126 e. The zero-order valence-corrected chi connectivity index (χ0v) is 10.2. The SMILES string of the molecule is NCC1(c2ccc(C3CC3)c(F)c2)CCCC1. The van der Waals surface area contributed by atoms with E-state index < -0.39 is 0 Å². The van der Waals surface area contributed by atoms with Crippen LogP contribution >= 0.6 is 0 Å². The van der Waals surface area contributed by atoms with Crippen LogP contribution in [0.25, 0.3) is 0 Å². The van der Waals surface area contributed by atoms with E-state index in [0.717, 1.165) is 36.8 Å². The van der Waals surface area contributed by atoms with Gasteiger partial charge in [-0.3, -0.25) is 0 Å². The molecule has 0 amide bonds. The molecule has 1 aromatic carbocycles. The van der Waals surface area contributed by atoms with E-state index in [2.05, 4.69) is 6.07 Å². The monoisotopic (exact) mass is 233 g/mol. The highest BCUT2D eigenvalue weighted by molar-refractivity contribution is 5.35. The summed E-state index contributed by atoms with van der Waals surface area (Å²) < 4.78 is 14.1. The molecule has 2 N–H and O–H groups in total. The first-order valence-electron chi connectivity index (χ1n) is 6.75. The molecule has 0 aromatic heterocycles. The quantitative estimate of drug-likeness (QED) is 0.850. The largest absolute Gasteiger partial charge is 0.330 e. The highest BCUT2D eigenvalue weighted by Gasteiger charge is 2.35. The summed E-state index contributed by atoms with van der Waals surface area (Å²) >= 11 is 0. The van der Waals surface area contributed by atoms with Crippen molar-refractivity contribution >= 4 is 0 Å². The Labute approximate surface area is 102 Å². The second kappa shape index (κ2) is 4.09. The van der Waals surface area contributed by atoms with E-state index in [0.29, 0.717) is 12.5 Å². The number of hydrogen-bond donors (Lipinski definition) is 1. The first-order chi connectivity index (χ1) is 8.25. The summed E-state index contributed by atoms with van der Waals surface area (Å²) in [6, 6.07) is 5.87. The molecule has 1 aromatic rings. The van der Waals surface area contributed by atoms with E-state index in [-0.39, 0.29) is 11.2 Å². The molecule has 2 aliphatic rings. The highest BCUT2D eigenvalue weighted by Crippen LogP contribution is 2.44. The van der Waals surface area contributed by atoms with Crippen molar-refractivity contribution < 1.29 is 4.39 Å².